The Morgan fingerprint density at radius 3 is 2.28 bits per heavy atom. The van der Waals surface area contributed by atoms with Crippen molar-refractivity contribution in [1.29, 1.82) is 0 Å². The lowest BCUT2D eigenvalue weighted by Crippen LogP contribution is -2.57. The Morgan fingerprint density at radius 2 is 1.72 bits per heavy atom. The summed E-state index contributed by atoms with van der Waals surface area (Å²) in [6, 6.07) is -0.234. The number of piperazine rings is 1. The molecule has 4 fully saturated rings. The molecule has 2 bridgehead atoms. The smallest absolute Gasteiger partial charge is 0.410 e. The maximum Gasteiger partial charge on any atom is 0.410 e. The molecule has 0 radical (unpaired) electrons. The van der Waals surface area contributed by atoms with Gasteiger partial charge < -0.3 is 24.0 Å². The Balaban J connectivity index is 1.28. The largest absolute Gasteiger partial charge is 0.474 e. The molecule has 252 valence electrons. The molecule has 0 N–H and O–H groups in total. The fourth-order valence-electron chi connectivity index (χ4n) is 6.75. The molecule has 0 spiro atoms. The second-order valence-corrected chi connectivity index (χ2v) is 14.7. The van der Waals surface area contributed by atoms with Crippen molar-refractivity contribution in [3.8, 4) is 11.9 Å². The van der Waals surface area contributed by atoms with Crippen molar-refractivity contribution in [2.75, 3.05) is 44.2 Å². The highest BCUT2D eigenvalue weighted by atomic mass is 35.5. The molecule has 1 amide bonds. The first-order valence-corrected chi connectivity index (χ1v) is 16.5. The number of hydrogen-bond donors (Lipinski definition) is 0. The van der Waals surface area contributed by atoms with Crippen LogP contribution in [0.2, 0.25) is 5.15 Å². The molecule has 1 aliphatic carbocycles. The van der Waals surface area contributed by atoms with E-state index in [0.29, 0.717) is 56.8 Å². The van der Waals surface area contributed by atoms with Gasteiger partial charge in [-0.05, 0) is 78.7 Å². The quantitative estimate of drug-likeness (QED) is 0.289. The molecule has 3 saturated heterocycles. The average molecular weight is 667 g/mol. The third-order valence-corrected chi connectivity index (χ3v) is 9.41. The molecule has 2 unspecified atom stereocenters. The minimum absolute atomic E-state index is 0.00993. The first-order valence-electron chi connectivity index (χ1n) is 16.1. The fourth-order valence-corrected chi connectivity index (χ4v) is 6.92. The van der Waals surface area contributed by atoms with Crippen LogP contribution in [0, 0.1) is 11.2 Å². The summed E-state index contributed by atoms with van der Waals surface area (Å²) in [5.74, 6) is -0.260. The lowest BCUT2D eigenvalue weighted by atomic mass is 10.0. The standard InChI is InChI=1S/C32H42ClF3N6O4/c1-18(2)45-28-22-24(23(34)25(33)38-28)37-29(44-17-32(10-11-32)16-40-12-8-19(9-13-40)26(35)36)39-27(22)41-14-20-6-7-21(15-41)42(20)30(43)46-31(3,4)5/h18,20-21H,6-17H2,1-5H3. The number of rotatable bonds is 8. The SMILES string of the molecule is CC(C)Oc1nc(Cl)c(F)c2nc(OCC3(CN4CCC(=C(F)F)CC4)CC3)nc(N3CC4CCC(C3)N4C(=O)OC(C)(C)C)c12. The van der Waals surface area contributed by atoms with Gasteiger partial charge in [0.15, 0.2) is 11.0 Å². The van der Waals surface area contributed by atoms with Gasteiger partial charge in [0, 0.05) is 38.1 Å². The van der Waals surface area contributed by atoms with E-state index >= 15 is 4.39 Å². The number of anilines is 1. The van der Waals surface area contributed by atoms with E-state index in [1.807, 2.05) is 44.4 Å². The molecule has 1 saturated carbocycles. The zero-order valence-corrected chi connectivity index (χ0v) is 27.8. The summed E-state index contributed by atoms with van der Waals surface area (Å²) in [5, 5.41) is -0.0677. The van der Waals surface area contributed by atoms with Gasteiger partial charge in [-0.3, -0.25) is 4.90 Å². The second kappa shape index (κ2) is 12.5. The molecule has 5 heterocycles. The number of likely N-dealkylation sites (tertiary alicyclic amines) is 1. The van der Waals surface area contributed by atoms with E-state index in [4.69, 9.17) is 30.8 Å². The zero-order valence-electron chi connectivity index (χ0n) is 27.0. The van der Waals surface area contributed by atoms with Crippen molar-refractivity contribution in [2.45, 2.75) is 96.9 Å². The van der Waals surface area contributed by atoms with Crippen LogP contribution in [-0.2, 0) is 4.74 Å². The Bertz CT molecular complexity index is 1500. The predicted molar refractivity (Wildman–Crippen MR) is 167 cm³/mol. The van der Waals surface area contributed by atoms with Gasteiger partial charge >= 0.3 is 12.1 Å². The van der Waals surface area contributed by atoms with Gasteiger partial charge in [0.2, 0.25) is 5.88 Å². The van der Waals surface area contributed by atoms with Crippen LogP contribution in [0.5, 0.6) is 11.9 Å². The number of piperidine rings is 1. The Kier molecular flexibility index (Phi) is 8.94. The maximum atomic E-state index is 15.7. The molecular weight excluding hydrogens is 625 g/mol. The molecule has 2 atom stereocenters. The number of pyridine rings is 1. The van der Waals surface area contributed by atoms with Gasteiger partial charge in [0.1, 0.15) is 22.3 Å². The number of fused-ring (bicyclic) bond motifs is 3. The molecule has 2 aromatic rings. The second-order valence-electron chi connectivity index (χ2n) is 14.3. The third-order valence-electron chi connectivity index (χ3n) is 9.16. The van der Waals surface area contributed by atoms with Crippen LogP contribution in [0.1, 0.15) is 73.1 Å². The van der Waals surface area contributed by atoms with Crippen molar-refractivity contribution in [2.24, 2.45) is 5.41 Å². The summed E-state index contributed by atoms with van der Waals surface area (Å²) in [4.78, 5) is 32.7. The van der Waals surface area contributed by atoms with E-state index in [1.165, 1.54) is 0 Å². The van der Waals surface area contributed by atoms with Gasteiger partial charge in [-0.2, -0.15) is 23.7 Å². The summed E-state index contributed by atoms with van der Waals surface area (Å²) in [7, 11) is 0. The molecule has 3 aliphatic heterocycles. The molecular formula is C32H42ClF3N6O4. The summed E-state index contributed by atoms with van der Waals surface area (Å²) in [6.07, 6.45) is 2.01. The fraction of sp³-hybridized carbons (Fsp3) is 0.688. The van der Waals surface area contributed by atoms with E-state index in [0.717, 1.165) is 32.2 Å². The minimum Gasteiger partial charge on any atom is -0.474 e. The average Bonchev–Trinajstić information content (AvgIpc) is 3.69. The van der Waals surface area contributed by atoms with Crippen LogP contribution < -0.4 is 14.4 Å². The highest BCUT2D eigenvalue weighted by Gasteiger charge is 2.47. The first kappa shape index (κ1) is 32.9. The number of hydrogen-bond acceptors (Lipinski definition) is 9. The minimum atomic E-state index is -1.56. The zero-order chi connectivity index (χ0) is 33.0. The molecule has 4 aliphatic rings. The maximum absolute atomic E-state index is 15.7. The molecule has 46 heavy (non-hydrogen) atoms. The van der Waals surface area contributed by atoms with Crippen LogP contribution >= 0.6 is 11.6 Å². The molecule has 10 nitrogen and oxygen atoms in total. The van der Waals surface area contributed by atoms with Crippen molar-refractivity contribution < 1.29 is 32.2 Å². The lowest BCUT2D eigenvalue weighted by molar-refractivity contribution is 0.0122. The number of amides is 1. The van der Waals surface area contributed by atoms with E-state index in [-0.39, 0.29) is 57.8 Å². The Hall–Kier alpha value is -3.06. The van der Waals surface area contributed by atoms with Gasteiger partial charge in [-0.1, -0.05) is 11.6 Å². The number of aromatic nitrogens is 3. The van der Waals surface area contributed by atoms with Crippen LogP contribution in [0.15, 0.2) is 11.7 Å². The normalized spacial score (nSPS) is 22.9. The van der Waals surface area contributed by atoms with Crippen LogP contribution in [0.3, 0.4) is 0 Å². The van der Waals surface area contributed by atoms with E-state index in [9.17, 15) is 13.6 Å². The lowest BCUT2D eigenvalue weighted by Gasteiger charge is -2.42. The van der Waals surface area contributed by atoms with Crippen molar-refractivity contribution in [3.63, 3.8) is 0 Å². The van der Waals surface area contributed by atoms with Gasteiger partial charge in [0.05, 0.1) is 24.8 Å². The van der Waals surface area contributed by atoms with E-state index in [1.54, 1.807) is 0 Å². The van der Waals surface area contributed by atoms with Gasteiger partial charge in [-0.15, -0.1) is 0 Å². The van der Waals surface area contributed by atoms with Crippen molar-refractivity contribution >= 4 is 34.4 Å². The van der Waals surface area contributed by atoms with Crippen LogP contribution in [0.4, 0.5) is 23.8 Å². The third kappa shape index (κ3) is 6.95. The Labute approximate surface area is 272 Å². The predicted octanol–water partition coefficient (Wildman–Crippen LogP) is 6.60. The van der Waals surface area contributed by atoms with Crippen LogP contribution in [-0.4, -0.2) is 94.0 Å². The summed E-state index contributed by atoms with van der Waals surface area (Å²) < 4.78 is 59.7. The van der Waals surface area contributed by atoms with Crippen molar-refractivity contribution in [3.05, 3.63) is 22.6 Å². The topological polar surface area (TPSA) is 93.2 Å². The first-order chi connectivity index (χ1) is 21.7. The molecule has 0 aromatic carbocycles. The van der Waals surface area contributed by atoms with Gasteiger partial charge in [-0.25, -0.2) is 9.18 Å². The van der Waals surface area contributed by atoms with E-state index < -0.39 is 17.5 Å². The van der Waals surface area contributed by atoms with Crippen molar-refractivity contribution in [1.82, 2.24) is 24.8 Å². The van der Waals surface area contributed by atoms with Crippen LogP contribution in [0.25, 0.3) is 10.9 Å². The molecule has 6 rings (SSSR count). The molecule has 14 heteroatoms. The summed E-state index contributed by atoms with van der Waals surface area (Å²) in [5.41, 5.74) is -0.572. The molecule has 2 aromatic heterocycles. The number of nitrogens with zero attached hydrogens (tertiary/aromatic N) is 6. The Morgan fingerprint density at radius 1 is 1.07 bits per heavy atom. The number of carbonyl (C=O) groups is 1. The monoisotopic (exact) mass is 666 g/mol. The number of carbonyl (C=O) groups excluding carboxylic acids is 1. The summed E-state index contributed by atoms with van der Waals surface area (Å²) in [6.45, 7) is 12.3. The number of ether oxygens (including phenoxy) is 3. The highest BCUT2D eigenvalue weighted by molar-refractivity contribution is 6.30. The van der Waals surface area contributed by atoms with E-state index in [2.05, 4.69) is 14.9 Å². The highest BCUT2D eigenvalue weighted by Crippen LogP contribution is 2.47. The summed E-state index contributed by atoms with van der Waals surface area (Å²) >= 11 is 6.23. The van der Waals surface area contributed by atoms with Gasteiger partial charge in [0.25, 0.3) is 6.08 Å². The number of halogens is 4.